The van der Waals surface area contributed by atoms with E-state index >= 15 is 0 Å². The van der Waals surface area contributed by atoms with E-state index < -0.39 is 0 Å². The number of rotatable bonds is 5. The molecule has 0 bridgehead atoms. The maximum Gasteiger partial charge on any atom is 0.215 e. The van der Waals surface area contributed by atoms with Gasteiger partial charge in [-0.15, -0.1) is 43.2 Å². The Balaban J connectivity index is -0.000000379. The lowest BCUT2D eigenvalue weighted by Crippen LogP contribution is -1.96. The fraction of sp³-hybridized carbons (Fsp3) is 0.538. The van der Waals surface area contributed by atoms with Gasteiger partial charge >= 0.3 is 0 Å². The second-order valence-corrected chi connectivity index (χ2v) is 6.44. The SMILES string of the molecule is Br.Br.CC(C)COPOc1ccccc1.CC(C)P. The highest BCUT2D eigenvalue weighted by Gasteiger charge is 1.95. The molecule has 0 N–H and O–H groups in total. The van der Waals surface area contributed by atoms with Crippen LogP contribution in [0, 0.1) is 5.92 Å². The van der Waals surface area contributed by atoms with E-state index in [4.69, 9.17) is 9.05 Å². The summed E-state index contributed by atoms with van der Waals surface area (Å²) in [5.41, 5.74) is 0.750. The van der Waals surface area contributed by atoms with Crippen LogP contribution in [-0.4, -0.2) is 12.3 Å². The van der Waals surface area contributed by atoms with E-state index in [1.54, 1.807) is 0 Å². The maximum absolute atomic E-state index is 5.36. The fourth-order valence-electron chi connectivity index (χ4n) is 0.767. The summed E-state index contributed by atoms with van der Waals surface area (Å²) in [4.78, 5) is 0. The highest BCUT2D eigenvalue weighted by molar-refractivity contribution is 8.93. The first kappa shape index (κ1) is 24.8. The van der Waals surface area contributed by atoms with Crippen molar-refractivity contribution < 1.29 is 9.05 Å². The predicted molar refractivity (Wildman–Crippen MR) is 102 cm³/mol. The largest absolute Gasteiger partial charge is 0.450 e. The molecule has 0 aliphatic carbocycles. The minimum absolute atomic E-state index is 0. The Hall–Kier alpha value is 0.800. The molecular weight excluding hydrogens is 410 g/mol. The lowest BCUT2D eigenvalue weighted by atomic mass is 10.2. The molecule has 0 saturated carbocycles. The van der Waals surface area contributed by atoms with Crippen LogP contribution < -0.4 is 4.52 Å². The van der Waals surface area contributed by atoms with Gasteiger partial charge in [-0.1, -0.05) is 45.9 Å². The Bertz CT molecular complexity index is 270. The average Bonchev–Trinajstić information content (AvgIpc) is 2.25. The van der Waals surface area contributed by atoms with Gasteiger partial charge in [0.15, 0.2) is 0 Å². The van der Waals surface area contributed by atoms with Crippen LogP contribution in [0.3, 0.4) is 0 Å². The number of halogens is 2. The third-order valence-electron chi connectivity index (χ3n) is 1.38. The summed E-state index contributed by atoms with van der Waals surface area (Å²) in [5, 5.41) is 0. The van der Waals surface area contributed by atoms with Gasteiger partial charge in [0.2, 0.25) is 9.03 Å². The molecule has 0 aromatic heterocycles. The second kappa shape index (κ2) is 16.9. The third kappa shape index (κ3) is 21.3. The van der Waals surface area contributed by atoms with Crippen molar-refractivity contribution in [2.45, 2.75) is 33.4 Å². The molecule has 114 valence electrons. The smallest absolute Gasteiger partial charge is 0.215 e. The highest BCUT2D eigenvalue weighted by Crippen LogP contribution is 2.21. The van der Waals surface area contributed by atoms with Crippen molar-refractivity contribution >= 4 is 52.2 Å². The van der Waals surface area contributed by atoms with Crippen molar-refractivity contribution in [3.05, 3.63) is 30.3 Å². The summed E-state index contributed by atoms with van der Waals surface area (Å²) in [6, 6.07) is 9.70. The topological polar surface area (TPSA) is 18.5 Å². The van der Waals surface area contributed by atoms with Crippen molar-refractivity contribution in [2.24, 2.45) is 5.92 Å². The molecule has 0 amide bonds. The predicted octanol–water partition coefficient (Wildman–Crippen LogP) is 5.67. The molecule has 0 aliphatic rings. The molecule has 6 heteroatoms. The Kier molecular flexibility index (Phi) is 22.0. The summed E-state index contributed by atoms with van der Waals surface area (Å²) in [5.74, 6) is 1.43. The van der Waals surface area contributed by atoms with Gasteiger partial charge in [-0.05, 0) is 23.7 Å². The summed E-state index contributed by atoms with van der Waals surface area (Å²) < 4.78 is 10.7. The van der Waals surface area contributed by atoms with Crippen LogP contribution in [0.25, 0.3) is 0 Å². The van der Waals surface area contributed by atoms with Crippen LogP contribution in [-0.2, 0) is 4.52 Å². The Labute approximate surface area is 143 Å². The van der Waals surface area contributed by atoms with Gasteiger partial charge in [0.05, 0.1) is 6.61 Å². The lowest BCUT2D eigenvalue weighted by molar-refractivity contribution is 0.283. The monoisotopic (exact) mass is 434 g/mol. The van der Waals surface area contributed by atoms with E-state index in [0.717, 1.165) is 18.0 Å². The van der Waals surface area contributed by atoms with E-state index in [1.807, 2.05) is 30.3 Å². The van der Waals surface area contributed by atoms with Crippen LogP contribution in [0.15, 0.2) is 30.3 Å². The molecule has 1 aromatic carbocycles. The summed E-state index contributed by atoms with van der Waals surface area (Å²) in [6.45, 7) is 9.25. The summed E-state index contributed by atoms with van der Waals surface area (Å²) >= 11 is 0. The van der Waals surface area contributed by atoms with Crippen LogP contribution in [0.4, 0.5) is 0 Å². The third-order valence-corrected chi connectivity index (χ3v) is 1.98. The normalized spacial score (nSPS) is 9.63. The van der Waals surface area contributed by atoms with Gasteiger partial charge in [-0.2, -0.15) is 0 Å². The van der Waals surface area contributed by atoms with Gasteiger partial charge in [0, 0.05) is 0 Å². The van der Waals surface area contributed by atoms with E-state index in [0.29, 0.717) is 5.92 Å². The molecule has 0 saturated heterocycles. The molecule has 0 radical (unpaired) electrons. The van der Waals surface area contributed by atoms with E-state index in [1.165, 1.54) is 0 Å². The van der Waals surface area contributed by atoms with Gasteiger partial charge in [0.1, 0.15) is 5.75 Å². The van der Waals surface area contributed by atoms with Gasteiger partial charge < -0.3 is 9.05 Å². The number of benzene rings is 1. The van der Waals surface area contributed by atoms with Gasteiger partial charge in [-0.25, -0.2) is 0 Å². The van der Waals surface area contributed by atoms with Crippen LogP contribution in [0.1, 0.15) is 27.7 Å². The summed E-state index contributed by atoms with van der Waals surface area (Å²) in [6.07, 6.45) is 0. The molecule has 2 nitrogen and oxygen atoms in total. The first-order valence-corrected chi connectivity index (χ1v) is 7.35. The average molecular weight is 436 g/mol. The summed E-state index contributed by atoms with van der Waals surface area (Å²) in [7, 11) is 2.76. The van der Waals surface area contributed by atoms with E-state index in [-0.39, 0.29) is 43.0 Å². The highest BCUT2D eigenvalue weighted by atomic mass is 79.9. The Morgan fingerprint density at radius 1 is 1.05 bits per heavy atom. The van der Waals surface area contributed by atoms with Gasteiger partial charge in [-0.3, -0.25) is 0 Å². The molecule has 1 rings (SSSR count). The molecular formula is C13H26Br2O2P2. The Morgan fingerprint density at radius 2 is 1.53 bits per heavy atom. The zero-order chi connectivity index (χ0) is 13.1. The molecule has 0 fully saturated rings. The molecule has 19 heavy (non-hydrogen) atoms. The van der Waals surface area contributed by atoms with E-state index in [2.05, 4.69) is 36.9 Å². The molecule has 0 spiro atoms. The molecule has 0 heterocycles. The van der Waals surface area contributed by atoms with Crippen LogP contribution in [0.5, 0.6) is 5.75 Å². The van der Waals surface area contributed by atoms with Crippen molar-refractivity contribution in [1.29, 1.82) is 0 Å². The van der Waals surface area contributed by atoms with Crippen molar-refractivity contribution in [1.82, 2.24) is 0 Å². The standard InChI is InChI=1S/C10H15O2P.C3H9P.2BrH/c1-9(2)8-11-13-12-10-6-4-3-5-7-10;1-3(2)4;;/h3-7,9,13H,8H2,1-2H3;3H,4H2,1-2H3;2*1H. The quantitative estimate of drug-likeness (QED) is 0.438. The minimum Gasteiger partial charge on any atom is -0.450 e. The molecule has 0 aliphatic heterocycles. The molecule has 2 unspecified atom stereocenters. The molecule has 1 aromatic rings. The lowest BCUT2D eigenvalue weighted by Gasteiger charge is -2.07. The minimum atomic E-state index is 0. The molecule has 2 atom stereocenters. The Morgan fingerprint density at radius 3 is 1.95 bits per heavy atom. The number of hydrogen-bond donors (Lipinski definition) is 0. The fourth-order valence-corrected chi connectivity index (χ4v) is 1.46. The van der Waals surface area contributed by atoms with Crippen molar-refractivity contribution in [3.8, 4) is 5.75 Å². The number of para-hydroxylation sites is 1. The van der Waals surface area contributed by atoms with Crippen LogP contribution >= 0.6 is 52.2 Å². The van der Waals surface area contributed by atoms with E-state index in [9.17, 15) is 0 Å². The second-order valence-electron chi connectivity index (χ2n) is 4.45. The van der Waals surface area contributed by atoms with Gasteiger partial charge in [0.25, 0.3) is 0 Å². The first-order valence-electron chi connectivity index (χ1n) is 5.86. The van der Waals surface area contributed by atoms with Crippen molar-refractivity contribution in [2.75, 3.05) is 6.61 Å². The van der Waals surface area contributed by atoms with Crippen LogP contribution in [0.2, 0.25) is 0 Å². The zero-order valence-electron chi connectivity index (χ0n) is 12.0. The van der Waals surface area contributed by atoms with Crippen molar-refractivity contribution in [3.63, 3.8) is 0 Å². The number of hydrogen-bond acceptors (Lipinski definition) is 2. The maximum atomic E-state index is 5.36. The zero-order valence-corrected chi connectivity index (χ0v) is 17.5. The first-order chi connectivity index (χ1) is 8.02.